The normalized spacial score (nSPS) is 23.3. The fraction of sp³-hybridized carbons (Fsp3) is 0.565. The molecule has 2 aliphatic rings. The van der Waals surface area contributed by atoms with Crippen LogP contribution in [-0.4, -0.2) is 59.0 Å². The van der Waals surface area contributed by atoms with Gasteiger partial charge in [-0.15, -0.1) is 11.3 Å². The highest BCUT2D eigenvalue weighted by atomic mass is 32.1. The van der Waals surface area contributed by atoms with Crippen molar-refractivity contribution in [2.24, 2.45) is 5.92 Å². The summed E-state index contributed by atoms with van der Waals surface area (Å²) in [6.45, 7) is 8.20. The first-order valence-corrected chi connectivity index (χ1v) is 11.7. The van der Waals surface area contributed by atoms with Crippen molar-refractivity contribution in [3.05, 3.63) is 35.8 Å². The molecule has 156 valence electrons. The number of hydrogen-bond acceptors (Lipinski definition) is 5. The van der Waals surface area contributed by atoms with Crippen molar-refractivity contribution in [2.45, 2.75) is 51.7 Å². The molecule has 0 N–H and O–H groups in total. The first-order chi connectivity index (χ1) is 14.1. The van der Waals surface area contributed by atoms with Crippen LogP contribution in [0.15, 0.2) is 35.8 Å². The van der Waals surface area contributed by atoms with Crippen LogP contribution >= 0.6 is 11.3 Å². The standard InChI is InChI=1S/C23H31N3O2S/c1-17(2)25-12-14-26(15-13-25)23(27)19-5-9-21(10-6-19)28-20-7-3-18(4-8-20)22-24-11-16-29-22/h3-4,7-8,11,16-17,19,21H,5-6,9-10,12-15H2,1-2H3. The molecular formula is C23H31N3O2S. The molecule has 2 heterocycles. The lowest BCUT2D eigenvalue weighted by atomic mass is 9.86. The van der Waals surface area contributed by atoms with E-state index in [1.54, 1.807) is 11.3 Å². The lowest BCUT2D eigenvalue weighted by Crippen LogP contribution is -2.52. The first-order valence-electron chi connectivity index (χ1n) is 10.8. The molecule has 0 atom stereocenters. The third-order valence-electron chi connectivity index (χ3n) is 6.22. The van der Waals surface area contributed by atoms with Crippen molar-refractivity contribution in [1.29, 1.82) is 0 Å². The Morgan fingerprint density at radius 2 is 1.76 bits per heavy atom. The van der Waals surface area contributed by atoms with Crippen molar-refractivity contribution in [2.75, 3.05) is 26.2 Å². The second kappa shape index (κ2) is 9.26. The number of rotatable bonds is 5. The lowest BCUT2D eigenvalue weighted by molar-refractivity contribution is -0.139. The third kappa shape index (κ3) is 4.98. The lowest BCUT2D eigenvalue weighted by Gasteiger charge is -2.39. The number of amides is 1. The molecule has 4 rings (SSSR count). The Hall–Kier alpha value is -1.92. The van der Waals surface area contributed by atoms with Crippen LogP contribution in [0.1, 0.15) is 39.5 Å². The van der Waals surface area contributed by atoms with Gasteiger partial charge in [0.2, 0.25) is 5.91 Å². The van der Waals surface area contributed by atoms with Gasteiger partial charge in [0, 0.05) is 55.3 Å². The van der Waals surface area contributed by atoms with Crippen LogP contribution in [0.25, 0.3) is 10.6 Å². The largest absolute Gasteiger partial charge is 0.490 e. The Labute approximate surface area is 177 Å². The van der Waals surface area contributed by atoms with Gasteiger partial charge in [-0.3, -0.25) is 9.69 Å². The minimum absolute atomic E-state index is 0.174. The molecule has 0 spiro atoms. The minimum atomic E-state index is 0.174. The summed E-state index contributed by atoms with van der Waals surface area (Å²) in [5, 5.41) is 3.02. The Balaban J connectivity index is 1.24. The van der Waals surface area contributed by atoms with E-state index in [9.17, 15) is 4.79 Å². The summed E-state index contributed by atoms with van der Waals surface area (Å²) in [6, 6.07) is 8.76. The molecule has 1 amide bonds. The number of benzene rings is 1. The van der Waals surface area contributed by atoms with Crippen molar-refractivity contribution >= 4 is 17.2 Å². The van der Waals surface area contributed by atoms with Crippen LogP contribution < -0.4 is 4.74 Å². The number of piperazine rings is 1. The zero-order valence-electron chi connectivity index (χ0n) is 17.4. The van der Waals surface area contributed by atoms with Crippen molar-refractivity contribution in [1.82, 2.24) is 14.8 Å². The van der Waals surface area contributed by atoms with Gasteiger partial charge in [0.15, 0.2) is 0 Å². The van der Waals surface area contributed by atoms with Gasteiger partial charge in [0.05, 0.1) is 6.10 Å². The van der Waals surface area contributed by atoms with Crippen LogP contribution in [0, 0.1) is 5.92 Å². The highest BCUT2D eigenvalue weighted by Crippen LogP contribution is 2.30. The number of nitrogens with zero attached hydrogens (tertiary/aromatic N) is 3. The van der Waals surface area contributed by atoms with Gasteiger partial charge in [-0.1, -0.05) is 0 Å². The molecule has 1 aliphatic heterocycles. The molecule has 1 aromatic heterocycles. The molecule has 0 radical (unpaired) electrons. The maximum Gasteiger partial charge on any atom is 0.225 e. The monoisotopic (exact) mass is 413 g/mol. The molecule has 0 unspecified atom stereocenters. The fourth-order valence-electron chi connectivity index (χ4n) is 4.38. The quantitative estimate of drug-likeness (QED) is 0.733. The van der Waals surface area contributed by atoms with Crippen molar-refractivity contribution in [3.8, 4) is 16.3 Å². The zero-order chi connectivity index (χ0) is 20.2. The zero-order valence-corrected chi connectivity index (χ0v) is 18.2. The summed E-state index contributed by atoms with van der Waals surface area (Å²) in [7, 11) is 0. The predicted octanol–water partition coefficient (Wildman–Crippen LogP) is 4.30. The van der Waals surface area contributed by atoms with Crippen molar-refractivity contribution < 1.29 is 9.53 Å². The number of ether oxygens (including phenoxy) is 1. The maximum absolute atomic E-state index is 12.9. The number of thiazole rings is 1. The molecule has 2 fully saturated rings. The van der Waals surface area contributed by atoms with E-state index in [1.165, 1.54) is 0 Å². The average Bonchev–Trinajstić information content (AvgIpc) is 3.29. The van der Waals surface area contributed by atoms with E-state index in [2.05, 4.69) is 40.8 Å². The summed E-state index contributed by atoms with van der Waals surface area (Å²) in [5.41, 5.74) is 1.12. The Morgan fingerprint density at radius 1 is 1.07 bits per heavy atom. The molecule has 1 saturated heterocycles. The molecule has 6 heteroatoms. The van der Waals surface area contributed by atoms with Gasteiger partial charge < -0.3 is 9.64 Å². The van der Waals surface area contributed by atoms with Crippen LogP contribution in [0.4, 0.5) is 0 Å². The molecule has 5 nitrogen and oxygen atoms in total. The topological polar surface area (TPSA) is 45.7 Å². The predicted molar refractivity (Wildman–Crippen MR) is 117 cm³/mol. The average molecular weight is 414 g/mol. The second-order valence-electron chi connectivity index (χ2n) is 8.41. The van der Waals surface area contributed by atoms with Crippen molar-refractivity contribution in [3.63, 3.8) is 0 Å². The molecule has 1 saturated carbocycles. The Kier molecular flexibility index (Phi) is 6.50. The second-order valence-corrected chi connectivity index (χ2v) is 9.30. The SMILES string of the molecule is CC(C)N1CCN(C(=O)C2CCC(Oc3ccc(-c4nccs4)cc3)CC2)CC1. The van der Waals surface area contributed by atoms with Gasteiger partial charge in [-0.2, -0.15) is 0 Å². The third-order valence-corrected chi connectivity index (χ3v) is 7.04. The number of carbonyl (C=O) groups is 1. The van der Waals surface area contributed by atoms with Gasteiger partial charge >= 0.3 is 0 Å². The van der Waals surface area contributed by atoms with Gasteiger partial charge in [-0.05, 0) is 63.8 Å². The summed E-state index contributed by atoms with van der Waals surface area (Å²) in [4.78, 5) is 21.8. The van der Waals surface area contributed by atoms with Gasteiger partial charge in [0.1, 0.15) is 10.8 Å². The van der Waals surface area contributed by atoms with Crippen LogP contribution in [-0.2, 0) is 4.79 Å². The molecule has 2 aromatic rings. The van der Waals surface area contributed by atoms with Crippen LogP contribution in [0.5, 0.6) is 5.75 Å². The van der Waals surface area contributed by atoms with E-state index in [1.807, 2.05) is 23.7 Å². The van der Waals surface area contributed by atoms with E-state index in [0.29, 0.717) is 11.9 Å². The first kappa shape index (κ1) is 20.4. The molecule has 0 bridgehead atoms. The van der Waals surface area contributed by atoms with E-state index in [0.717, 1.165) is 68.2 Å². The van der Waals surface area contributed by atoms with E-state index in [4.69, 9.17) is 4.74 Å². The Morgan fingerprint density at radius 3 is 2.34 bits per heavy atom. The summed E-state index contributed by atoms with van der Waals surface area (Å²) in [6.07, 6.45) is 5.82. The van der Waals surface area contributed by atoms with E-state index >= 15 is 0 Å². The molecule has 29 heavy (non-hydrogen) atoms. The summed E-state index contributed by atoms with van der Waals surface area (Å²) in [5.74, 6) is 1.44. The number of aromatic nitrogens is 1. The van der Waals surface area contributed by atoms with Gasteiger partial charge in [0.25, 0.3) is 0 Å². The number of carbonyl (C=O) groups excluding carboxylic acids is 1. The highest BCUT2D eigenvalue weighted by Gasteiger charge is 2.32. The summed E-state index contributed by atoms with van der Waals surface area (Å²) < 4.78 is 6.19. The fourth-order valence-corrected chi connectivity index (χ4v) is 5.02. The van der Waals surface area contributed by atoms with E-state index in [-0.39, 0.29) is 12.0 Å². The summed E-state index contributed by atoms with van der Waals surface area (Å²) >= 11 is 1.64. The van der Waals surface area contributed by atoms with Crippen LogP contribution in [0.3, 0.4) is 0 Å². The highest BCUT2D eigenvalue weighted by molar-refractivity contribution is 7.13. The maximum atomic E-state index is 12.9. The molecule has 1 aromatic carbocycles. The molecular weight excluding hydrogens is 382 g/mol. The number of hydrogen-bond donors (Lipinski definition) is 0. The smallest absolute Gasteiger partial charge is 0.225 e. The van der Waals surface area contributed by atoms with E-state index < -0.39 is 0 Å². The molecule has 1 aliphatic carbocycles. The minimum Gasteiger partial charge on any atom is -0.490 e. The van der Waals surface area contributed by atoms with Crippen LogP contribution in [0.2, 0.25) is 0 Å². The van der Waals surface area contributed by atoms with Gasteiger partial charge in [-0.25, -0.2) is 4.98 Å². The Bertz CT molecular complexity index is 775.